The predicted octanol–water partition coefficient (Wildman–Crippen LogP) is -0.364. The molecule has 1 aromatic rings. The molecule has 0 aromatic carbocycles. The molecule has 1 fully saturated rings. The first kappa shape index (κ1) is 11.3. The van der Waals surface area contributed by atoms with Gasteiger partial charge in [-0.25, -0.2) is 0 Å². The molecule has 90 valence electrons. The van der Waals surface area contributed by atoms with Crippen LogP contribution in [0.2, 0.25) is 0 Å². The van der Waals surface area contributed by atoms with E-state index in [9.17, 15) is 0 Å². The van der Waals surface area contributed by atoms with Gasteiger partial charge in [-0.15, -0.1) is 10.2 Å². The number of aromatic nitrogens is 3. The van der Waals surface area contributed by atoms with E-state index >= 15 is 0 Å². The standard InChI is InChI=1S/C10H19N5O/c1-2-15-9(3-4-11)12-13-10(15)14-5-7-16-8-6-14/h2-8,11H2,1H3. The fourth-order valence-electron chi connectivity index (χ4n) is 1.96. The van der Waals surface area contributed by atoms with Crippen LogP contribution in [0, 0.1) is 0 Å². The lowest BCUT2D eigenvalue weighted by molar-refractivity contribution is 0.121. The molecule has 0 unspecified atom stereocenters. The maximum Gasteiger partial charge on any atom is 0.227 e. The number of rotatable bonds is 4. The quantitative estimate of drug-likeness (QED) is 0.757. The Kier molecular flexibility index (Phi) is 3.74. The summed E-state index contributed by atoms with van der Waals surface area (Å²) in [6.07, 6.45) is 0.783. The Morgan fingerprint density at radius 2 is 2.06 bits per heavy atom. The molecule has 0 amide bonds. The van der Waals surface area contributed by atoms with Gasteiger partial charge in [0.15, 0.2) is 0 Å². The first-order valence-electron chi connectivity index (χ1n) is 5.81. The molecule has 1 aromatic heterocycles. The van der Waals surface area contributed by atoms with Crippen LogP contribution in [0.4, 0.5) is 5.95 Å². The van der Waals surface area contributed by atoms with E-state index in [0.717, 1.165) is 51.0 Å². The topological polar surface area (TPSA) is 69.2 Å². The third-order valence-corrected chi connectivity index (χ3v) is 2.79. The lowest BCUT2D eigenvalue weighted by atomic mass is 10.4. The summed E-state index contributed by atoms with van der Waals surface area (Å²) in [6, 6.07) is 0. The van der Waals surface area contributed by atoms with Crippen molar-refractivity contribution in [2.24, 2.45) is 5.73 Å². The third kappa shape index (κ3) is 2.17. The van der Waals surface area contributed by atoms with Crippen LogP contribution in [0.15, 0.2) is 0 Å². The van der Waals surface area contributed by atoms with Crippen molar-refractivity contribution in [1.82, 2.24) is 14.8 Å². The van der Waals surface area contributed by atoms with E-state index < -0.39 is 0 Å². The van der Waals surface area contributed by atoms with Crippen molar-refractivity contribution in [3.63, 3.8) is 0 Å². The molecule has 2 rings (SSSR count). The summed E-state index contributed by atoms with van der Waals surface area (Å²) in [5.41, 5.74) is 5.56. The highest BCUT2D eigenvalue weighted by molar-refractivity contribution is 5.31. The van der Waals surface area contributed by atoms with E-state index in [0.29, 0.717) is 6.54 Å². The van der Waals surface area contributed by atoms with Crippen LogP contribution in [-0.2, 0) is 17.7 Å². The molecular weight excluding hydrogens is 206 g/mol. The van der Waals surface area contributed by atoms with Gasteiger partial charge in [0.1, 0.15) is 5.82 Å². The Bertz CT molecular complexity index is 332. The van der Waals surface area contributed by atoms with Gasteiger partial charge >= 0.3 is 0 Å². The van der Waals surface area contributed by atoms with Gasteiger partial charge in [-0.05, 0) is 13.5 Å². The molecule has 6 heteroatoms. The van der Waals surface area contributed by atoms with Crippen LogP contribution in [0.5, 0.6) is 0 Å². The van der Waals surface area contributed by atoms with Crippen LogP contribution in [0.3, 0.4) is 0 Å². The Morgan fingerprint density at radius 3 is 2.69 bits per heavy atom. The van der Waals surface area contributed by atoms with E-state index in [1.54, 1.807) is 0 Å². The average Bonchev–Trinajstić information content (AvgIpc) is 2.73. The molecule has 0 aliphatic carbocycles. The molecule has 0 atom stereocenters. The first-order chi connectivity index (χ1) is 7.86. The van der Waals surface area contributed by atoms with Gasteiger partial charge in [0.05, 0.1) is 13.2 Å². The number of morpholine rings is 1. The van der Waals surface area contributed by atoms with E-state index in [1.807, 2.05) is 0 Å². The second-order valence-electron chi connectivity index (χ2n) is 3.80. The van der Waals surface area contributed by atoms with Gasteiger partial charge in [-0.1, -0.05) is 0 Å². The number of ether oxygens (including phenoxy) is 1. The Morgan fingerprint density at radius 1 is 1.31 bits per heavy atom. The molecule has 0 radical (unpaired) electrons. The number of hydrogen-bond acceptors (Lipinski definition) is 5. The molecule has 1 aliphatic heterocycles. The maximum absolute atomic E-state index is 5.56. The minimum atomic E-state index is 0.612. The maximum atomic E-state index is 5.56. The molecule has 0 bridgehead atoms. The zero-order valence-electron chi connectivity index (χ0n) is 9.72. The van der Waals surface area contributed by atoms with Gasteiger partial charge < -0.3 is 15.4 Å². The van der Waals surface area contributed by atoms with Crippen molar-refractivity contribution in [2.75, 3.05) is 37.7 Å². The van der Waals surface area contributed by atoms with Crippen molar-refractivity contribution < 1.29 is 4.74 Å². The van der Waals surface area contributed by atoms with Gasteiger partial charge in [0.2, 0.25) is 5.95 Å². The van der Waals surface area contributed by atoms with Crippen molar-refractivity contribution in [1.29, 1.82) is 0 Å². The fraction of sp³-hybridized carbons (Fsp3) is 0.800. The average molecular weight is 225 g/mol. The summed E-state index contributed by atoms with van der Waals surface area (Å²) >= 11 is 0. The van der Waals surface area contributed by atoms with Crippen molar-refractivity contribution in [3.8, 4) is 0 Å². The number of hydrogen-bond donors (Lipinski definition) is 1. The molecule has 0 saturated carbocycles. The van der Waals surface area contributed by atoms with Crippen molar-refractivity contribution >= 4 is 5.95 Å². The Balaban J connectivity index is 2.18. The molecule has 1 aliphatic rings. The van der Waals surface area contributed by atoms with Gasteiger partial charge in [-0.2, -0.15) is 0 Å². The van der Waals surface area contributed by atoms with Crippen molar-refractivity contribution in [3.05, 3.63) is 5.82 Å². The summed E-state index contributed by atoms with van der Waals surface area (Å²) in [4.78, 5) is 2.22. The lowest BCUT2D eigenvalue weighted by Crippen LogP contribution is -2.38. The molecule has 1 saturated heterocycles. The van der Waals surface area contributed by atoms with Gasteiger partial charge in [-0.3, -0.25) is 4.57 Å². The van der Waals surface area contributed by atoms with E-state index in [-0.39, 0.29) is 0 Å². The Labute approximate surface area is 95.4 Å². The largest absolute Gasteiger partial charge is 0.378 e. The third-order valence-electron chi connectivity index (χ3n) is 2.79. The van der Waals surface area contributed by atoms with Crippen LogP contribution >= 0.6 is 0 Å². The van der Waals surface area contributed by atoms with Crippen LogP contribution in [0.1, 0.15) is 12.7 Å². The molecule has 16 heavy (non-hydrogen) atoms. The fourth-order valence-corrected chi connectivity index (χ4v) is 1.96. The number of nitrogens with two attached hydrogens (primary N) is 1. The van der Waals surface area contributed by atoms with Crippen LogP contribution in [0.25, 0.3) is 0 Å². The second kappa shape index (κ2) is 5.27. The minimum absolute atomic E-state index is 0.612. The molecule has 2 N–H and O–H groups in total. The van der Waals surface area contributed by atoms with Crippen LogP contribution < -0.4 is 10.6 Å². The highest BCUT2D eigenvalue weighted by Gasteiger charge is 2.18. The summed E-state index contributed by atoms with van der Waals surface area (Å²) < 4.78 is 7.47. The minimum Gasteiger partial charge on any atom is -0.378 e. The predicted molar refractivity (Wildman–Crippen MR) is 61.5 cm³/mol. The number of anilines is 1. The monoisotopic (exact) mass is 225 g/mol. The highest BCUT2D eigenvalue weighted by atomic mass is 16.5. The zero-order chi connectivity index (χ0) is 11.4. The smallest absolute Gasteiger partial charge is 0.227 e. The second-order valence-corrected chi connectivity index (χ2v) is 3.80. The van der Waals surface area contributed by atoms with E-state index in [4.69, 9.17) is 10.5 Å². The molecule has 0 spiro atoms. The SMILES string of the molecule is CCn1c(CCN)nnc1N1CCOCC1. The Hall–Kier alpha value is -1.14. The number of nitrogens with zero attached hydrogens (tertiary/aromatic N) is 4. The first-order valence-corrected chi connectivity index (χ1v) is 5.81. The van der Waals surface area contributed by atoms with Gasteiger partial charge in [0.25, 0.3) is 0 Å². The van der Waals surface area contributed by atoms with Crippen molar-refractivity contribution in [2.45, 2.75) is 19.9 Å². The highest BCUT2D eigenvalue weighted by Crippen LogP contribution is 2.15. The summed E-state index contributed by atoms with van der Waals surface area (Å²) in [5.74, 6) is 1.93. The zero-order valence-corrected chi connectivity index (χ0v) is 9.72. The van der Waals surface area contributed by atoms with E-state index in [1.165, 1.54) is 0 Å². The molecule has 2 heterocycles. The van der Waals surface area contributed by atoms with Crippen LogP contribution in [-0.4, -0.2) is 47.6 Å². The summed E-state index contributed by atoms with van der Waals surface area (Å²) in [6.45, 7) is 6.91. The normalized spacial score (nSPS) is 16.8. The molecular formula is C10H19N5O. The van der Waals surface area contributed by atoms with E-state index in [2.05, 4.69) is 26.6 Å². The summed E-state index contributed by atoms with van der Waals surface area (Å²) in [7, 11) is 0. The molecule has 6 nitrogen and oxygen atoms in total. The lowest BCUT2D eigenvalue weighted by Gasteiger charge is -2.27. The summed E-state index contributed by atoms with van der Waals surface area (Å²) in [5, 5.41) is 8.46. The van der Waals surface area contributed by atoms with Gasteiger partial charge in [0, 0.05) is 26.1 Å².